The number of nitrogens with two attached hydrogens (primary N) is 1. The van der Waals surface area contributed by atoms with Gasteiger partial charge in [-0.1, -0.05) is 39.0 Å². The van der Waals surface area contributed by atoms with Gasteiger partial charge in [-0.15, -0.1) is 0 Å². The van der Waals surface area contributed by atoms with Gasteiger partial charge >= 0.3 is 0 Å². The van der Waals surface area contributed by atoms with Crippen LogP contribution in [0.25, 0.3) is 0 Å². The van der Waals surface area contributed by atoms with Crippen molar-refractivity contribution in [1.82, 2.24) is 4.98 Å². The Morgan fingerprint density at radius 2 is 2.00 bits per heavy atom. The second kappa shape index (κ2) is 4.33. The van der Waals surface area contributed by atoms with Gasteiger partial charge < -0.3 is 5.73 Å². The Labute approximate surface area is 98.7 Å². The molecule has 2 nitrogen and oxygen atoms in total. The van der Waals surface area contributed by atoms with Crippen molar-refractivity contribution in [3.63, 3.8) is 0 Å². The van der Waals surface area contributed by atoms with E-state index < -0.39 is 0 Å². The highest BCUT2D eigenvalue weighted by atomic mass is 79.9. The molecule has 2 N–H and O–H groups in total. The molecular formula is C9H7BrN2S2. The third kappa shape index (κ3) is 2.50. The quantitative estimate of drug-likeness (QED) is 0.916. The van der Waals surface area contributed by atoms with E-state index in [9.17, 15) is 0 Å². The van der Waals surface area contributed by atoms with E-state index in [1.54, 1.807) is 18.0 Å². The first-order valence-corrected chi connectivity index (χ1v) is 6.31. The van der Waals surface area contributed by atoms with Crippen LogP contribution in [0.15, 0.2) is 44.0 Å². The summed E-state index contributed by atoms with van der Waals surface area (Å²) in [6.45, 7) is 0. The highest BCUT2D eigenvalue weighted by Crippen LogP contribution is 2.33. The van der Waals surface area contributed by atoms with E-state index in [0.717, 1.165) is 8.68 Å². The molecule has 0 aliphatic rings. The predicted molar refractivity (Wildman–Crippen MR) is 64.8 cm³/mol. The molecule has 1 aromatic heterocycles. The second-order valence-corrected chi connectivity index (χ2v) is 5.93. The molecule has 1 aromatic carbocycles. The van der Waals surface area contributed by atoms with Gasteiger partial charge in [0.05, 0.1) is 10.4 Å². The van der Waals surface area contributed by atoms with Crippen molar-refractivity contribution in [2.75, 3.05) is 5.73 Å². The first kappa shape index (κ1) is 10.0. The molecule has 14 heavy (non-hydrogen) atoms. The van der Waals surface area contributed by atoms with Crippen LogP contribution in [-0.2, 0) is 0 Å². The lowest BCUT2D eigenvalue weighted by molar-refractivity contribution is 1.37. The van der Waals surface area contributed by atoms with Crippen LogP contribution in [0.1, 0.15) is 0 Å². The van der Waals surface area contributed by atoms with E-state index in [1.165, 1.54) is 16.2 Å². The smallest absolute Gasteiger partial charge is 0.181 e. The maximum absolute atomic E-state index is 5.54. The summed E-state index contributed by atoms with van der Waals surface area (Å²) in [5, 5.41) is 0.615. The molecular weight excluding hydrogens is 280 g/mol. The van der Waals surface area contributed by atoms with Crippen molar-refractivity contribution >= 4 is 44.2 Å². The van der Waals surface area contributed by atoms with Crippen molar-refractivity contribution in [1.29, 1.82) is 0 Å². The summed E-state index contributed by atoms with van der Waals surface area (Å²) >= 11 is 6.57. The Morgan fingerprint density at radius 3 is 2.57 bits per heavy atom. The summed E-state index contributed by atoms with van der Waals surface area (Å²) < 4.78 is 2.20. The molecule has 2 aromatic rings. The molecule has 0 atom stereocenters. The molecule has 0 fully saturated rings. The molecule has 0 aliphatic carbocycles. The minimum atomic E-state index is 0.615. The Hall–Kier alpha value is -0.520. The van der Waals surface area contributed by atoms with Gasteiger partial charge in [0, 0.05) is 9.37 Å². The zero-order chi connectivity index (χ0) is 9.97. The number of thiazole rings is 1. The van der Waals surface area contributed by atoms with Crippen molar-refractivity contribution in [3.8, 4) is 0 Å². The minimum Gasteiger partial charge on any atom is -0.375 e. The molecule has 0 saturated heterocycles. The molecule has 5 heteroatoms. The summed E-state index contributed by atoms with van der Waals surface area (Å²) in [5.74, 6) is 0. The SMILES string of the molecule is Nc1ncc(Sc2ccc(Br)cc2)s1. The number of halogens is 1. The van der Waals surface area contributed by atoms with Gasteiger partial charge in [0.15, 0.2) is 5.13 Å². The van der Waals surface area contributed by atoms with E-state index in [4.69, 9.17) is 5.73 Å². The lowest BCUT2D eigenvalue weighted by atomic mass is 10.4. The first-order valence-electron chi connectivity index (χ1n) is 3.89. The van der Waals surface area contributed by atoms with Gasteiger partial charge in [0.1, 0.15) is 0 Å². The monoisotopic (exact) mass is 286 g/mol. The summed E-state index contributed by atoms with van der Waals surface area (Å²) in [7, 11) is 0. The second-order valence-electron chi connectivity index (χ2n) is 2.57. The normalized spacial score (nSPS) is 10.4. The molecule has 72 valence electrons. The van der Waals surface area contributed by atoms with Crippen molar-refractivity contribution < 1.29 is 0 Å². The van der Waals surface area contributed by atoms with Crippen molar-refractivity contribution in [2.24, 2.45) is 0 Å². The number of nitrogen functional groups attached to an aromatic ring is 1. The number of anilines is 1. The molecule has 0 spiro atoms. The standard InChI is InChI=1S/C9H7BrN2S2/c10-6-1-3-7(4-2-6)13-8-5-12-9(11)14-8/h1-5H,(H2,11,12). The highest BCUT2D eigenvalue weighted by molar-refractivity contribution is 9.10. The van der Waals surface area contributed by atoms with Crippen LogP contribution >= 0.6 is 39.0 Å². The first-order chi connectivity index (χ1) is 6.74. The van der Waals surface area contributed by atoms with Crippen molar-refractivity contribution in [3.05, 3.63) is 34.9 Å². The maximum atomic E-state index is 5.54. The number of aromatic nitrogens is 1. The summed E-state index contributed by atoms with van der Waals surface area (Å²) in [6.07, 6.45) is 1.80. The number of nitrogens with zero attached hydrogens (tertiary/aromatic N) is 1. The molecule has 0 bridgehead atoms. The average Bonchev–Trinajstić information content (AvgIpc) is 2.56. The fourth-order valence-electron chi connectivity index (χ4n) is 0.938. The van der Waals surface area contributed by atoms with Gasteiger partial charge in [0.25, 0.3) is 0 Å². The van der Waals surface area contributed by atoms with Gasteiger partial charge in [-0.3, -0.25) is 0 Å². The number of rotatable bonds is 2. The van der Waals surface area contributed by atoms with Crippen LogP contribution in [0, 0.1) is 0 Å². The lowest BCUT2D eigenvalue weighted by Crippen LogP contribution is -1.77. The van der Waals surface area contributed by atoms with Crippen LogP contribution < -0.4 is 5.73 Å². The Bertz CT molecular complexity index is 425. The van der Waals surface area contributed by atoms with E-state index >= 15 is 0 Å². The number of hydrogen-bond acceptors (Lipinski definition) is 4. The third-order valence-electron chi connectivity index (χ3n) is 1.53. The van der Waals surface area contributed by atoms with E-state index in [1.807, 2.05) is 12.1 Å². The summed E-state index contributed by atoms with van der Waals surface area (Å²) in [5.41, 5.74) is 5.54. The van der Waals surface area contributed by atoms with Crippen molar-refractivity contribution in [2.45, 2.75) is 9.10 Å². The van der Waals surface area contributed by atoms with Crippen LogP contribution in [-0.4, -0.2) is 4.98 Å². The van der Waals surface area contributed by atoms with Crippen LogP contribution in [0.3, 0.4) is 0 Å². The zero-order valence-corrected chi connectivity index (χ0v) is 10.3. The maximum Gasteiger partial charge on any atom is 0.181 e. The molecule has 0 amide bonds. The van der Waals surface area contributed by atoms with E-state index in [0.29, 0.717) is 5.13 Å². The van der Waals surface area contributed by atoms with Gasteiger partial charge in [0.2, 0.25) is 0 Å². The summed E-state index contributed by atoms with van der Waals surface area (Å²) in [4.78, 5) is 5.19. The van der Waals surface area contributed by atoms with Gasteiger partial charge in [-0.05, 0) is 24.3 Å². The molecule has 0 aliphatic heterocycles. The number of hydrogen-bond donors (Lipinski definition) is 1. The fraction of sp³-hybridized carbons (Fsp3) is 0. The molecule has 1 heterocycles. The predicted octanol–water partition coefficient (Wildman–Crippen LogP) is 3.64. The van der Waals surface area contributed by atoms with Gasteiger partial charge in [-0.25, -0.2) is 4.98 Å². The average molecular weight is 287 g/mol. The molecule has 0 unspecified atom stereocenters. The number of benzene rings is 1. The Kier molecular flexibility index (Phi) is 3.10. The Morgan fingerprint density at radius 1 is 1.29 bits per heavy atom. The van der Waals surface area contributed by atoms with Crippen LogP contribution in [0.2, 0.25) is 0 Å². The van der Waals surface area contributed by atoms with Crippen LogP contribution in [0.4, 0.5) is 5.13 Å². The largest absolute Gasteiger partial charge is 0.375 e. The van der Waals surface area contributed by atoms with E-state index in [-0.39, 0.29) is 0 Å². The summed E-state index contributed by atoms with van der Waals surface area (Å²) in [6, 6.07) is 8.16. The molecule has 2 rings (SSSR count). The van der Waals surface area contributed by atoms with E-state index in [2.05, 4.69) is 33.0 Å². The molecule has 0 radical (unpaired) electrons. The highest BCUT2D eigenvalue weighted by Gasteiger charge is 2.00. The topological polar surface area (TPSA) is 38.9 Å². The molecule has 0 saturated carbocycles. The fourth-order valence-corrected chi connectivity index (χ4v) is 2.94. The van der Waals surface area contributed by atoms with Gasteiger partial charge in [-0.2, -0.15) is 0 Å². The van der Waals surface area contributed by atoms with Crippen LogP contribution in [0.5, 0.6) is 0 Å². The minimum absolute atomic E-state index is 0.615. The lowest BCUT2D eigenvalue weighted by Gasteiger charge is -1.96. The third-order valence-corrected chi connectivity index (χ3v) is 4.00. The zero-order valence-electron chi connectivity index (χ0n) is 7.11. The Balaban J connectivity index is 2.15.